The summed E-state index contributed by atoms with van der Waals surface area (Å²) in [4.78, 5) is 32.5. The number of esters is 1. The number of carbonyl (C=O) groups is 1. The molecule has 0 fully saturated rings. The van der Waals surface area contributed by atoms with Gasteiger partial charge in [-0.25, -0.2) is 9.79 Å². The van der Waals surface area contributed by atoms with Gasteiger partial charge >= 0.3 is 5.97 Å². The molecule has 0 saturated heterocycles. The number of thiazole rings is 1. The Morgan fingerprint density at radius 2 is 1.85 bits per heavy atom. The van der Waals surface area contributed by atoms with Crippen LogP contribution in [0.15, 0.2) is 63.7 Å². The van der Waals surface area contributed by atoms with Crippen LogP contribution >= 0.6 is 11.3 Å². The van der Waals surface area contributed by atoms with Gasteiger partial charge in [-0.1, -0.05) is 29.5 Å². The second-order valence-corrected chi connectivity index (χ2v) is 10.2. The van der Waals surface area contributed by atoms with Gasteiger partial charge in [0.2, 0.25) is 5.75 Å². The highest BCUT2D eigenvalue weighted by atomic mass is 32.1. The fourth-order valence-corrected chi connectivity index (χ4v) is 6.14. The summed E-state index contributed by atoms with van der Waals surface area (Å²) in [5.74, 6) is 0.582. The minimum absolute atomic E-state index is 0.161. The number of nitrogens with zero attached hydrogens (tertiary/aromatic N) is 4. The van der Waals surface area contributed by atoms with E-state index in [9.17, 15) is 14.9 Å². The molecule has 0 amide bonds. The van der Waals surface area contributed by atoms with Crippen LogP contribution in [0.4, 0.5) is 0 Å². The van der Waals surface area contributed by atoms with Crippen molar-refractivity contribution in [2.75, 3.05) is 27.9 Å². The smallest absolute Gasteiger partial charge is 0.338 e. The van der Waals surface area contributed by atoms with Crippen LogP contribution in [0.25, 0.3) is 17.0 Å². The maximum absolute atomic E-state index is 14.1. The summed E-state index contributed by atoms with van der Waals surface area (Å²) >= 11 is 1.23. The van der Waals surface area contributed by atoms with Crippen molar-refractivity contribution in [3.05, 3.63) is 84.7 Å². The predicted molar refractivity (Wildman–Crippen MR) is 154 cm³/mol. The third kappa shape index (κ3) is 4.76. The largest absolute Gasteiger partial charge is 0.493 e. The van der Waals surface area contributed by atoms with Crippen molar-refractivity contribution >= 4 is 34.3 Å². The lowest BCUT2D eigenvalue weighted by Gasteiger charge is -2.26. The average molecular weight is 573 g/mol. The number of benzene rings is 2. The van der Waals surface area contributed by atoms with Crippen LogP contribution in [-0.4, -0.2) is 43.0 Å². The van der Waals surface area contributed by atoms with Crippen LogP contribution in [0.2, 0.25) is 0 Å². The van der Waals surface area contributed by atoms with E-state index in [2.05, 4.69) is 11.1 Å². The number of carbonyl (C=O) groups excluding carboxylic acids is 1. The van der Waals surface area contributed by atoms with E-state index in [1.807, 2.05) is 35.0 Å². The molecule has 41 heavy (non-hydrogen) atoms. The van der Waals surface area contributed by atoms with Gasteiger partial charge in [0.15, 0.2) is 16.3 Å². The summed E-state index contributed by atoms with van der Waals surface area (Å²) in [6, 6.07) is 12.5. The number of allylic oxidation sites excluding steroid dienone is 1. The number of fused-ring (bicyclic) bond motifs is 2. The third-order valence-corrected chi connectivity index (χ3v) is 7.85. The summed E-state index contributed by atoms with van der Waals surface area (Å²) in [6.07, 6.45) is 3.66. The number of rotatable bonds is 8. The molecule has 0 radical (unpaired) electrons. The minimum atomic E-state index is -0.860. The normalized spacial score (nSPS) is 14.8. The maximum atomic E-state index is 14.1. The molecule has 0 spiro atoms. The molecule has 0 aliphatic carbocycles. The number of ether oxygens (including phenoxy) is 4. The lowest BCUT2D eigenvalue weighted by atomic mass is 9.95. The highest BCUT2D eigenvalue weighted by molar-refractivity contribution is 7.07. The van der Waals surface area contributed by atoms with Gasteiger partial charge in [-0.3, -0.25) is 9.36 Å². The van der Waals surface area contributed by atoms with Crippen molar-refractivity contribution in [1.29, 1.82) is 5.26 Å². The zero-order valence-corrected chi connectivity index (χ0v) is 24.1. The first-order valence-electron chi connectivity index (χ1n) is 12.8. The molecule has 0 unspecified atom stereocenters. The monoisotopic (exact) mass is 572 g/mol. The van der Waals surface area contributed by atoms with E-state index in [0.717, 1.165) is 16.5 Å². The van der Waals surface area contributed by atoms with Gasteiger partial charge in [-0.05, 0) is 43.7 Å². The molecule has 10 nitrogen and oxygen atoms in total. The molecule has 4 aromatic rings. The first kappa shape index (κ1) is 27.7. The van der Waals surface area contributed by atoms with Gasteiger partial charge in [0, 0.05) is 22.7 Å². The number of aromatic nitrogens is 2. The standard InChI is InChI=1S/C30H28N4O6S/c1-6-40-29(36)25-17(2)32-30-34(26(25)18-13-22(37-3)27(39-5)23(14-18)38-4)28(35)24(41-30)15-19-16-33(12-11-31)21-10-8-7-9-20(19)21/h7-10,13-16,26H,6,12H2,1-5H3/b24-15-/t26-/m0/s1. The lowest BCUT2D eigenvalue weighted by molar-refractivity contribution is -0.139. The van der Waals surface area contributed by atoms with Gasteiger partial charge in [0.25, 0.3) is 5.56 Å². The number of hydrogen-bond acceptors (Lipinski definition) is 9. The number of nitriles is 1. The van der Waals surface area contributed by atoms with E-state index in [1.54, 1.807) is 32.1 Å². The molecule has 5 rings (SSSR count). The lowest BCUT2D eigenvalue weighted by Crippen LogP contribution is -2.40. The fraction of sp³-hybridized carbons (Fsp3) is 0.267. The quantitative estimate of drug-likeness (QED) is 0.298. The van der Waals surface area contributed by atoms with Gasteiger partial charge in [0.1, 0.15) is 6.54 Å². The average Bonchev–Trinajstić information content (AvgIpc) is 3.48. The Kier molecular flexibility index (Phi) is 7.68. The molecular weight excluding hydrogens is 544 g/mol. The summed E-state index contributed by atoms with van der Waals surface area (Å²) in [5, 5.41) is 10.2. The van der Waals surface area contributed by atoms with Gasteiger partial charge in [0.05, 0.1) is 55.8 Å². The van der Waals surface area contributed by atoms with Crippen molar-refractivity contribution in [2.24, 2.45) is 4.99 Å². The molecule has 0 bridgehead atoms. The van der Waals surface area contributed by atoms with Crippen molar-refractivity contribution in [2.45, 2.75) is 26.4 Å². The first-order chi connectivity index (χ1) is 19.9. The van der Waals surface area contributed by atoms with Crippen molar-refractivity contribution in [3.63, 3.8) is 0 Å². The Labute approximate surface area is 239 Å². The SMILES string of the molecule is CCOC(=O)C1=C(C)N=c2s/c(=C\c3cn(CC#N)c4ccccc34)c(=O)n2[C@H]1c1cc(OC)c(OC)c(OC)c1. The van der Waals surface area contributed by atoms with Crippen LogP contribution in [0.1, 0.15) is 31.0 Å². The van der Waals surface area contributed by atoms with E-state index < -0.39 is 12.0 Å². The summed E-state index contributed by atoms with van der Waals surface area (Å²) < 4.78 is 25.8. The first-order valence-corrected chi connectivity index (χ1v) is 13.6. The zero-order chi connectivity index (χ0) is 29.3. The molecule has 1 aliphatic rings. The molecule has 210 valence electrons. The minimum Gasteiger partial charge on any atom is -0.493 e. The Hall–Kier alpha value is -4.82. The van der Waals surface area contributed by atoms with Gasteiger partial charge in [-0.2, -0.15) is 5.26 Å². The molecule has 2 aromatic carbocycles. The van der Waals surface area contributed by atoms with E-state index in [1.165, 1.54) is 37.2 Å². The summed E-state index contributed by atoms with van der Waals surface area (Å²) in [5.41, 5.74) is 2.62. The van der Waals surface area contributed by atoms with Crippen LogP contribution in [0, 0.1) is 11.3 Å². The molecule has 1 atom stereocenters. The predicted octanol–water partition coefficient (Wildman–Crippen LogP) is 3.30. The second-order valence-electron chi connectivity index (χ2n) is 9.15. The molecule has 0 saturated carbocycles. The van der Waals surface area contributed by atoms with Crippen molar-refractivity contribution in [3.8, 4) is 23.3 Å². The van der Waals surface area contributed by atoms with E-state index in [0.29, 0.717) is 37.8 Å². The Bertz CT molecular complexity index is 1900. The highest BCUT2D eigenvalue weighted by Gasteiger charge is 2.34. The van der Waals surface area contributed by atoms with E-state index in [4.69, 9.17) is 18.9 Å². The number of para-hydroxylation sites is 1. The number of hydrogen-bond donors (Lipinski definition) is 0. The molecule has 11 heteroatoms. The molecule has 2 aromatic heterocycles. The summed E-state index contributed by atoms with van der Waals surface area (Å²) in [7, 11) is 4.51. The van der Waals surface area contributed by atoms with Crippen LogP contribution in [-0.2, 0) is 16.1 Å². The van der Waals surface area contributed by atoms with E-state index >= 15 is 0 Å². The summed E-state index contributed by atoms with van der Waals surface area (Å²) in [6.45, 7) is 3.79. The maximum Gasteiger partial charge on any atom is 0.338 e. The molecular formula is C30H28N4O6S. The van der Waals surface area contributed by atoms with Gasteiger partial charge in [-0.15, -0.1) is 0 Å². The van der Waals surface area contributed by atoms with Crippen LogP contribution < -0.4 is 29.1 Å². The number of methoxy groups -OCH3 is 3. The van der Waals surface area contributed by atoms with Crippen LogP contribution in [0.3, 0.4) is 0 Å². The van der Waals surface area contributed by atoms with E-state index in [-0.39, 0.29) is 24.3 Å². The van der Waals surface area contributed by atoms with Crippen molar-refractivity contribution in [1.82, 2.24) is 9.13 Å². The third-order valence-electron chi connectivity index (χ3n) is 6.87. The molecule has 1 aliphatic heterocycles. The fourth-order valence-electron chi connectivity index (χ4n) is 5.10. The Morgan fingerprint density at radius 1 is 1.15 bits per heavy atom. The molecule has 3 heterocycles. The Balaban J connectivity index is 1.78. The zero-order valence-electron chi connectivity index (χ0n) is 23.3. The van der Waals surface area contributed by atoms with Gasteiger partial charge < -0.3 is 23.5 Å². The highest BCUT2D eigenvalue weighted by Crippen LogP contribution is 2.42. The topological polar surface area (TPSA) is 117 Å². The van der Waals surface area contributed by atoms with Crippen molar-refractivity contribution < 1.29 is 23.7 Å². The second kappa shape index (κ2) is 11.3. The Morgan fingerprint density at radius 3 is 2.49 bits per heavy atom. The van der Waals surface area contributed by atoms with Crippen LogP contribution in [0.5, 0.6) is 17.2 Å². The molecule has 0 N–H and O–H groups in total.